The number of fused-ring (bicyclic) bond motifs is 1. The van der Waals surface area contributed by atoms with Crippen molar-refractivity contribution in [2.45, 2.75) is 13.0 Å². The number of hydrogen-bond donors (Lipinski definition) is 3. The maximum atomic E-state index is 13.1. The van der Waals surface area contributed by atoms with Crippen LogP contribution in [0.1, 0.15) is 18.5 Å². The highest BCUT2D eigenvalue weighted by Crippen LogP contribution is 2.25. The van der Waals surface area contributed by atoms with Crippen LogP contribution in [0.4, 0.5) is 10.1 Å². The number of hydrogen-bond acceptors (Lipinski definition) is 2. The van der Waals surface area contributed by atoms with Gasteiger partial charge in [0, 0.05) is 15.3 Å². The predicted octanol–water partition coefficient (Wildman–Crippen LogP) is 3.77. The van der Waals surface area contributed by atoms with Crippen LogP contribution in [0.25, 0.3) is 11.0 Å². The number of rotatable bonds is 3. The molecule has 1 atom stereocenters. The quantitative estimate of drug-likeness (QED) is 0.590. The Morgan fingerprint density at radius 1 is 1.14 bits per heavy atom. The Morgan fingerprint density at radius 2 is 1.90 bits per heavy atom. The summed E-state index contributed by atoms with van der Waals surface area (Å²) < 4.78 is 13.9. The summed E-state index contributed by atoms with van der Waals surface area (Å²) >= 11 is 2.10. The summed E-state index contributed by atoms with van der Waals surface area (Å²) in [6.07, 6.45) is 0. The molecule has 0 aliphatic heterocycles. The molecule has 0 radical (unpaired) electrons. The normalized spacial score (nSPS) is 12.5. The molecule has 2 aromatic carbocycles. The van der Waals surface area contributed by atoms with E-state index in [1.165, 1.54) is 12.1 Å². The lowest BCUT2D eigenvalue weighted by atomic mass is 10.1. The maximum Gasteiger partial charge on any atom is 0.323 e. The van der Waals surface area contributed by atoms with Crippen molar-refractivity contribution >= 4 is 39.3 Å². The summed E-state index contributed by atoms with van der Waals surface area (Å²) in [6.45, 7) is 2.02. The third kappa shape index (κ3) is 2.94. The minimum absolute atomic E-state index is 0.0341. The van der Waals surface area contributed by atoms with E-state index in [2.05, 4.69) is 37.9 Å². The summed E-state index contributed by atoms with van der Waals surface area (Å²) in [5.74, 6) is -0.246. The average Bonchev–Trinajstić information content (AvgIpc) is 2.80. The predicted molar refractivity (Wildman–Crippen MR) is 90.1 cm³/mol. The molecule has 0 aliphatic carbocycles. The Hall–Kier alpha value is -1.83. The molecule has 0 saturated heterocycles. The van der Waals surface area contributed by atoms with Crippen LogP contribution in [0.3, 0.4) is 0 Å². The standard InChI is InChI=1S/C15H13FIN3O/c1-8(18-12-5-3-10(16)7-11(12)17)9-2-4-13-14(6-9)20-15(21)19-13/h2-8,18H,1H3,(H2,19,20,21). The molecule has 0 spiro atoms. The van der Waals surface area contributed by atoms with Gasteiger partial charge in [0.15, 0.2) is 0 Å². The number of halogens is 2. The Balaban J connectivity index is 1.89. The van der Waals surface area contributed by atoms with Crippen molar-refractivity contribution in [3.63, 3.8) is 0 Å². The highest BCUT2D eigenvalue weighted by atomic mass is 127. The van der Waals surface area contributed by atoms with Crippen LogP contribution in [0, 0.1) is 9.39 Å². The molecule has 3 N–H and O–H groups in total. The van der Waals surface area contributed by atoms with Crippen LogP contribution < -0.4 is 11.0 Å². The molecule has 6 heteroatoms. The molecule has 108 valence electrons. The van der Waals surface area contributed by atoms with Gasteiger partial charge in [-0.15, -0.1) is 0 Å². The molecule has 1 aromatic heterocycles. The van der Waals surface area contributed by atoms with Crippen LogP contribution >= 0.6 is 22.6 Å². The van der Waals surface area contributed by atoms with Gasteiger partial charge < -0.3 is 15.3 Å². The summed E-state index contributed by atoms with van der Waals surface area (Å²) in [5.41, 5.74) is 3.27. The minimum Gasteiger partial charge on any atom is -0.378 e. The van der Waals surface area contributed by atoms with Crippen molar-refractivity contribution in [2.24, 2.45) is 0 Å². The van der Waals surface area contributed by atoms with Crippen LogP contribution in [-0.2, 0) is 0 Å². The van der Waals surface area contributed by atoms with Crippen LogP contribution in [0.15, 0.2) is 41.2 Å². The SMILES string of the molecule is CC(Nc1ccc(F)cc1I)c1ccc2[nH]c(=O)[nH]c2c1. The zero-order chi connectivity index (χ0) is 15.0. The lowest BCUT2D eigenvalue weighted by Crippen LogP contribution is -2.07. The first-order valence-electron chi connectivity index (χ1n) is 6.46. The smallest absolute Gasteiger partial charge is 0.323 e. The molecule has 3 aromatic rings. The second kappa shape index (κ2) is 5.51. The van der Waals surface area contributed by atoms with Crippen molar-refractivity contribution < 1.29 is 4.39 Å². The molecule has 1 heterocycles. The Morgan fingerprint density at radius 3 is 2.67 bits per heavy atom. The summed E-state index contributed by atoms with van der Waals surface area (Å²) in [4.78, 5) is 16.7. The van der Waals surface area contributed by atoms with Gasteiger partial charge in [-0.05, 0) is 65.4 Å². The molecule has 4 nitrogen and oxygen atoms in total. The summed E-state index contributed by atoms with van der Waals surface area (Å²) in [6, 6.07) is 10.4. The van der Waals surface area contributed by atoms with Crippen molar-refractivity contribution in [2.75, 3.05) is 5.32 Å². The van der Waals surface area contributed by atoms with Crippen LogP contribution in [0.5, 0.6) is 0 Å². The van der Waals surface area contributed by atoms with E-state index < -0.39 is 0 Å². The Bertz CT molecular complexity index is 855. The maximum absolute atomic E-state index is 13.1. The number of aromatic nitrogens is 2. The minimum atomic E-state index is -0.246. The van der Waals surface area contributed by atoms with Crippen molar-refractivity contribution in [3.05, 3.63) is 61.8 Å². The molecule has 0 aliphatic rings. The Labute approximate surface area is 133 Å². The van der Waals surface area contributed by atoms with E-state index in [4.69, 9.17) is 0 Å². The van der Waals surface area contributed by atoms with Gasteiger partial charge in [0.1, 0.15) is 5.82 Å². The largest absolute Gasteiger partial charge is 0.378 e. The number of H-pyrrole nitrogens is 2. The number of imidazole rings is 1. The fraction of sp³-hybridized carbons (Fsp3) is 0.133. The fourth-order valence-corrected chi connectivity index (χ4v) is 2.88. The fourth-order valence-electron chi connectivity index (χ4n) is 2.24. The number of benzene rings is 2. The first-order valence-corrected chi connectivity index (χ1v) is 7.54. The molecule has 3 rings (SSSR count). The van der Waals surface area contributed by atoms with Gasteiger partial charge in [0.05, 0.1) is 11.0 Å². The van der Waals surface area contributed by atoms with Gasteiger partial charge in [0.25, 0.3) is 0 Å². The molecule has 0 fully saturated rings. The molecule has 0 bridgehead atoms. The third-order valence-corrected chi connectivity index (χ3v) is 4.24. The number of nitrogens with one attached hydrogen (secondary N) is 3. The van der Waals surface area contributed by atoms with E-state index in [9.17, 15) is 9.18 Å². The van der Waals surface area contributed by atoms with Gasteiger partial charge >= 0.3 is 5.69 Å². The zero-order valence-electron chi connectivity index (χ0n) is 11.2. The van der Waals surface area contributed by atoms with Gasteiger partial charge in [-0.25, -0.2) is 9.18 Å². The van der Waals surface area contributed by atoms with E-state index in [-0.39, 0.29) is 17.5 Å². The molecular weight excluding hydrogens is 384 g/mol. The van der Waals surface area contributed by atoms with E-state index in [1.807, 2.05) is 25.1 Å². The van der Waals surface area contributed by atoms with E-state index in [0.717, 1.165) is 25.9 Å². The lowest BCUT2D eigenvalue weighted by molar-refractivity contribution is 0.627. The summed E-state index contributed by atoms with van der Waals surface area (Å²) in [5, 5.41) is 3.35. The van der Waals surface area contributed by atoms with Gasteiger partial charge in [-0.2, -0.15) is 0 Å². The molecule has 21 heavy (non-hydrogen) atoms. The van der Waals surface area contributed by atoms with Gasteiger partial charge in [-0.3, -0.25) is 0 Å². The molecule has 0 amide bonds. The molecule has 0 saturated carbocycles. The monoisotopic (exact) mass is 397 g/mol. The highest BCUT2D eigenvalue weighted by Gasteiger charge is 2.09. The van der Waals surface area contributed by atoms with Crippen molar-refractivity contribution in [1.82, 2.24) is 9.97 Å². The van der Waals surface area contributed by atoms with Crippen molar-refractivity contribution in [3.8, 4) is 0 Å². The number of aromatic amines is 2. The highest BCUT2D eigenvalue weighted by molar-refractivity contribution is 14.1. The van der Waals surface area contributed by atoms with Gasteiger partial charge in [-0.1, -0.05) is 6.07 Å². The van der Waals surface area contributed by atoms with Crippen LogP contribution in [-0.4, -0.2) is 9.97 Å². The van der Waals surface area contributed by atoms with E-state index in [0.29, 0.717) is 0 Å². The Kier molecular flexibility index (Phi) is 3.71. The third-order valence-electron chi connectivity index (χ3n) is 3.34. The number of anilines is 1. The van der Waals surface area contributed by atoms with Gasteiger partial charge in [0.2, 0.25) is 0 Å². The first kappa shape index (κ1) is 14.1. The lowest BCUT2D eigenvalue weighted by Gasteiger charge is -2.17. The summed E-state index contributed by atoms with van der Waals surface area (Å²) in [7, 11) is 0. The zero-order valence-corrected chi connectivity index (χ0v) is 13.4. The first-order chi connectivity index (χ1) is 10.0. The second-order valence-corrected chi connectivity index (χ2v) is 6.04. The topological polar surface area (TPSA) is 60.7 Å². The van der Waals surface area contributed by atoms with E-state index >= 15 is 0 Å². The van der Waals surface area contributed by atoms with E-state index in [1.54, 1.807) is 6.07 Å². The average molecular weight is 397 g/mol. The van der Waals surface area contributed by atoms with Crippen LogP contribution in [0.2, 0.25) is 0 Å². The molecule has 1 unspecified atom stereocenters. The molecular formula is C15H13FIN3O. The second-order valence-electron chi connectivity index (χ2n) is 4.87. The van der Waals surface area contributed by atoms with Crippen molar-refractivity contribution in [1.29, 1.82) is 0 Å².